The summed E-state index contributed by atoms with van der Waals surface area (Å²) in [7, 11) is 0. The number of rotatable bonds is 3. The number of amides is 1. The molecule has 0 unspecified atom stereocenters. The van der Waals surface area contributed by atoms with Crippen LogP contribution in [-0.2, 0) is 12.4 Å². The average molecular weight is 540 g/mol. The van der Waals surface area contributed by atoms with Gasteiger partial charge in [0.05, 0.1) is 27.4 Å². The third-order valence-electron chi connectivity index (χ3n) is 5.73. The summed E-state index contributed by atoms with van der Waals surface area (Å²) in [6.45, 7) is 0.634. The van der Waals surface area contributed by atoms with Crippen LogP contribution in [0.5, 0.6) is 0 Å². The first-order chi connectivity index (χ1) is 17.4. The standard InChI is InChI=1S/C24H16ClF6N5O/c25-18-2-1-7-33-21(18)35-8-10-36(11-9-35)22(37)17-12-15(13-32)19(34-20(17)24(29,30)31)14-3-5-16(6-4-14)23(26,27)28/h1-7,12H,8-11H2. The van der Waals surface area contributed by atoms with E-state index in [1.54, 1.807) is 29.3 Å². The molecule has 3 aromatic rings. The number of piperazine rings is 1. The Morgan fingerprint density at radius 3 is 2.16 bits per heavy atom. The predicted molar refractivity (Wildman–Crippen MR) is 122 cm³/mol. The third kappa shape index (κ3) is 5.46. The van der Waals surface area contributed by atoms with E-state index < -0.39 is 40.8 Å². The summed E-state index contributed by atoms with van der Waals surface area (Å²) < 4.78 is 80.5. The van der Waals surface area contributed by atoms with Crippen LogP contribution in [0.1, 0.15) is 27.2 Å². The molecule has 0 aliphatic carbocycles. The molecule has 0 spiro atoms. The van der Waals surface area contributed by atoms with E-state index in [0.29, 0.717) is 23.0 Å². The summed E-state index contributed by atoms with van der Waals surface area (Å²) in [6.07, 6.45) is -8.17. The van der Waals surface area contributed by atoms with Crippen molar-refractivity contribution in [3.63, 3.8) is 0 Å². The first-order valence-corrected chi connectivity index (χ1v) is 11.1. The quantitative estimate of drug-likeness (QED) is 0.401. The molecule has 0 saturated carbocycles. The summed E-state index contributed by atoms with van der Waals surface area (Å²) in [4.78, 5) is 23.9. The highest BCUT2D eigenvalue weighted by Gasteiger charge is 2.40. The molecule has 37 heavy (non-hydrogen) atoms. The van der Waals surface area contributed by atoms with Crippen LogP contribution in [-0.4, -0.2) is 47.0 Å². The van der Waals surface area contributed by atoms with Gasteiger partial charge in [-0.25, -0.2) is 9.97 Å². The van der Waals surface area contributed by atoms with E-state index in [1.807, 2.05) is 0 Å². The number of nitrogens with zero attached hydrogens (tertiary/aromatic N) is 5. The Morgan fingerprint density at radius 2 is 1.62 bits per heavy atom. The summed E-state index contributed by atoms with van der Waals surface area (Å²) in [6, 6.07) is 8.99. The van der Waals surface area contributed by atoms with Crippen molar-refractivity contribution in [2.75, 3.05) is 31.1 Å². The van der Waals surface area contributed by atoms with Crippen LogP contribution in [0.15, 0.2) is 48.7 Å². The minimum atomic E-state index is -5.07. The lowest BCUT2D eigenvalue weighted by Crippen LogP contribution is -2.49. The molecule has 0 N–H and O–H groups in total. The van der Waals surface area contributed by atoms with Crippen LogP contribution < -0.4 is 4.90 Å². The number of carbonyl (C=O) groups is 1. The molecule has 0 bridgehead atoms. The molecule has 1 amide bonds. The monoisotopic (exact) mass is 539 g/mol. The highest BCUT2D eigenvalue weighted by Crippen LogP contribution is 2.36. The molecule has 192 valence electrons. The van der Waals surface area contributed by atoms with Crippen molar-refractivity contribution in [3.8, 4) is 17.3 Å². The van der Waals surface area contributed by atoms with E-state index >= 15 is 0 Å². The van der Waals surface area contributed by atoms with Gasteiger partial charge in [0.1, 0.15) is 11.9 Å². The van der Waals surface area contributed by atoms with Crippen molar-refractivity contribution < 1.29 is 31.1 Å². The van der Waals surface area contributed by atoms with Crippen molar-refractivity contribution in [1.29, 1.82) is 5.26 Å². The lowest BCUT2D eigenvalue weighted by Gasteiger charge is -2.36. The van der Waals surface area contributed by atoms with E-state index in [9.17, 15) is 36.4 Å². The van der Waals surface area contributed by atoms with Gasteiger partial charge >= 0.3 is 12.4 Å². The topological polar surface area (TPSA) is 73.1 Å². The SMILES string of the molecule is N#Cc1cc(C(=O)N2CCN(c3ncccc3Cl)CC2)c(C(F)(F)F)nc1-c1ccc(C(F)(F)F)cc1. The van der Waals surface area contributed by atoms with E-state index in [0.717, 1.165) is 18.2 Å². The van der Waals surface area contributed by atoms with Crippen LogP contribution in [0.25, 0.3) is 11.3 Å². The second kappa shape index (κ2) is 9.89. The molecular formula is C24H16ClF6N5O. The number of hydrogen-bond acceptors (Lipinski definition) is 5. The maximum absolute atomic E-state index is 14.0. The van der Waals surface area contributed by atoms with Crippen LogP contribution in [0.4, 0.5) is 32.2 Å². The Balaban J connectivity index is 1.66. The number of benzene rings is 1. The molecular weight excluding hydrogens is 524 g/mol. The van der Waals surface area contributed by atoms with Gasteiger partial charge in [0.25, 0.3) is 5.91 Å². The normalized spacial score (nSPS) is 14.4. The molecule has 6 nitrogen and oxygen atoms in total. The Morgan fingerprint density at radius 1 is 0.973 bits per heavy atom. The van der Waals surface area contributed by atoms with Gasteiger partial charge < -0.3 is 9.80 Å². The second-order valence-electron chi connectivity index (χ2n) is 8.05. The molecule has 4 rings (SSSR count). The maximum Gasteiger partial charge on any atom is 0.434 e. The van der Waals surface area contributed by atoms with Crippen molar-refractivity contribution in [2.24, 2.45) is 0 Å². The molecule has 0 radical (unpaired) electrons. The number of halogens is 7. The molecule has 3 heterocycles. The Labute approximate surface area is 211 Å². The van der Waals surface area contributed by atoms with Crippen molar-refractivity contribution in [3.05, 3.63) is 76.1 Å². The largest absolute Gasteiger partial charge is 0.434 e. The van der Waals surface area contributed by atoms with E-state index in [4.69, 9.17) is 11.6 Å². The molecule has 1 aliphatic heterocycles. The van der Waals surface area contributed by atoms with Gasteiger partial charge in [0, 0.05) is 37.9 Å². The van der Waals surface area contributed by atoms with Gasteiger partial charge in [-0.1, -0.05) is 23.7 Å². The molecule has 0 atom stereocenters. The lowest BCUT2D eigenvalue weighted by atomic mass is 10.0. The summed E-state index contributed by atoms with van der Waals surface area (Å²) in [5.41, 5.74) is -4.34. The molecule has 2 aromatic heterocycles. The van der Waals surface area contributed by atoms with Crippen LogP contribution in [0.2, 0.25) is 5.02 Å². The lowest BCUT2D eigenvalue weighted by molar-refractivity contribution is -0.141. The zero-order chi connectivity index (χ0) is 27.0. The molecule has 1 fully saturated rings. The van der Waals surface area contributed by atoms with Crippen molar-refractivity contribution in [2.45, 2.75) is 12.4 Å². The van der Waals surface area contributed by atoms with Gasteiger partial charge in [-0.3, -0.25) is 4.79 Å². The van der Waals surface area contributed by atoms with Gasteiger partial charge in [-0.2, -0.15) is 31.6 Å². The van der Waals surface area contributed by atoms with Crippen molar-refractivity contribution in [1.82, 2.24) is 14.9 Å². The number of carbonyl (C=O) groups excluding carboxylic acids is 1. The fraction of sp³-hybridized carbons (Fsp3) is 0.250. The highest BCUT2D eigenvalue weighted by molar-refractivity contribution is 6.32. The van der Waals surface area contributed by atoms with Crippen LogP contribution in [0.3, 0.4) is 0 Å². The summed E-state index contributed by atoms with van der Waals surface area (Å²) in [5.74, 6) is -0.483. The van der Waals surface area contributed by atoms with Gasteiger partial charge in [0.15, 0.2) is 5.69 Å². The first-order valence-electron chi connectivity index (χ1n) is 10.7. The Kier molecular flexibility index (Phi) is 7.01. The fourth-order valence-electron chi connectivity index (χ4n) is 3.92. The summed E-state index contributed by atoms with van der Waals surface area (Å²) >= 11 is 6.15. The van der Waals surface area contributed by atoms with Crippen LogP contribution in [0, 0.1) is 11.3 Å². The Hall–Kier alpha value is -3.85. The van der Waals surface area contributed by atoms with Crippen molar-refractivity contribution >= 4 is 23.3 Å². The zero-order valence-corrected chi connectivity index (χ0v) is 19.5. The zero-order valence-electron chi connectivity index (χ0n) is 18.7. The molecule has 1 saturated heterocycles. The number of hydrogen-bond donors (Lipinski definition) is 0. The predicted octanol–water partition coefficient (Wildman–Crippen LogP) is 5.67. The van der Waals surface area contributed by atoms with Crippen LogP contribution >= 0.6 is 11.6 Å². The number of pyridine rings is 2. The van der Waals surface area contributed by atoms with E-state index in [-0.39, 0.29) is 37.3 Å². The fourth-order valence-corrected chi connectivity index (χ4v) is 4.16. The van der Waals surface area contributed by atoms with E-state index in [2.05, 4.69) is 9.97 Å². The van der Waals surface area contributed by atoms with Gasteiger partial charge in [0.2, 0.25) is 0 Å². The number of alkyl halides is 6. The molecule has 1 aliphatic rings. The van der Waals surface area contributed by atoms with Gasteiger partial charge in [-0.05, 0) is 30.3 Å². The number of aromatic nitrogens is 2. The summed E-state index contributed by atoms with van der Waals surface area (Å²) in [5, 5.41) is 9.95. The highest BCUT2D eigenvalue weighted by atomic mass is 35.5. The second-order valence-corrected chi connectivity index (χ2v) is 8.46. The van der Waals surface area contributed by atoms with E-state index in [1.165, 1.54) is 4.90 Å². The smallest absolute Gasteiger partial charge is 0.352 e. The third-order valence-corrected chi connectivity index (χ3v) is 6.03. The molecule has 13 heteroatoms. The molecule has 1 aromatic carbocycles. The minimum absolute atomic E-state index is 0.0611. The number of anilines is 1. The minimum Gasteiger partial charge on any atom is -0.352 e. The Bertz CT molecular complexity index is 1360. The number of nitriles is 1. The van der Waals surface area contributed by atoms with Gasteiger partial charge in [-0.15, -0.1) is 0 Å². The first kappa shape index (κ1) is 26.2. The maximum atomic E-state index is 14.0. The average Bonchev–Trinajstić information content (AvgIpc) is 2.87.